The highest BCUT2D eigenvalue weighted by Gasteiger charge is 2.24. The van der Waals surface area contributed by atoms with Crippen molar-refractivity contribution in [3.05, 3.63) is 82.7 Å². The van der Waals surface area contributed by atoms with Crippen molar-refractivity contribution in [2.45, 2.75) is 38.5 Å². The van der Waals surface area contributed by atoms with Crippen LogP contribution in [-0.2, 0) is 19.4 Å². The Hall–Kier alpha value is -2.75. The number of hydrogen-bond donors (Lipinski definition) is 3. The molecule has 0 fully saturated rings. The smallest absolute Gasteiger partial charge is 0.272 e. The van der Waals surface area contributed by atoms with E-state index in [0.29, 0.717) is 12.1 Å². The van der Waals surface area contributed by atoms with Gasteiger partial charge in [-0.2, -0.15) is 8.75 Å². The molecule has 3 aromatic rings. The lowest BCUT2D eigenvalue weighted by molar-refractivity contribution is 0.0826. The number of amides is 1. The molecule has 0 aliphatic heterocycles. The van der Waals surface area contributed by atoms with Crippen LogP contribution in [0.1, 0.15) is 34.1 Å². The van der Waals surface area contributed by atoms with E-state index in [-0.39, 0.29) is 18.7 Å². The van der Waals surface area contributed by atoms with Gasteiger partial charge in [0.2, 0.25) is 0 Å². The van der Waals surface area contributed by atoms with Gasteiger partial charge >= 0.3 is 0 Å². The predicted octanol–water partition coefficient (Wildman–Crippen LogP) is 2.87. The fraction of sp³-hybridized carbons (Fsp3) is 0.318. The summed E-state index contributed by atoms with van der Waals surface area (Å²) in [7, 11) is 0. The summed E-state index contributed by atoms with van der Waals surface area (Å²) >= 11 is 0.891. The Bertz CT molecular complexity index is 981. The van der Waals surface area contributed by atoms with Gasteiger partial charge in [0.05, 0.1) is 30.1 Å². The van der Waals surface area contributed by atoms with E-state index in [1.54, 1.807) is 0 Å². The summed E-state index contributed by atoms with van der Waals surface area (Å²) in [4.78, 5) is 12.4. The zero-order valence-electron chi connectivity index (χ0n) is 17.0. The van der Waals surface area contributed by atoms with Gasteiger partial charge in [0.15, 0.2) is 5.69 Å². The molecule has 164 valence electrons. The molecule has 1 amide bonds. The molecule has 0 bridgehead atoms. The summed E-state index contributed by atoms with van der Waals surface area (Å²) in [5, 5.41) is 16.6. The summed E-state index contributed by atoms with van der Waals surface area (Å²) in [5.41, 5.74) is 2.74. The summed E-state index contributed by atoms with van der Waals surface area (Å²) in [6.45, 7) is 2.79. The predicted molar refractivity (Wildman–Crippen MR) is 115 cm³/mol. The van der Waals surface area contributed by atoms with Crippen LogP contribution >= 0.6 is 11.7 Å². The highest BCUT2D eigenvalue weighted by Crippen LogP contribution is 2.13. The van der Waals surface area contributed by atoms with Crippen LogP contribution in [0.2, 0.25) is 0 Å². The number of carbonyl (C=O) groups excluding carboxylic acids is 1. The van der Waals surface area contributed by atoms with Crippen molar-refractivity contribution >= 4 is 17.6 Å². The Kier molecular flexibility index (Phi) is 8.16. The first-order chi connectivity index (χ1) is 14.9. The third kappa shape index (κ3) is 6.88. The molecule has 3 N–H and O–H groups in total. The zero-order chi connectivity index (χ0) is 22.2. The molecule has 0 aliphatic rings. The van der Waals surface area contributed by atoms with Crippen LogP contribution < -0.4 is 10.6 Å². The summed E-state index contributed by atoms with van der Waals surface area (Å²) in [6, 6.07) is 10.5. The number of aliphatic hydroxyl groups excluding tert-OH is 1. The monoisotopic (exact) mass is 446 g/mol. The van der Waals surface area contributed by atoms with Crippen molar-refractivity contribution in [3.63, 3.8) is 0 Å². The molecule has 9 heteroatoms. The molecule has 6 nitrogen and oxygen atoms in total. The summed E-state index contributed by atoms with van der Waals surface area (Å²) < 4.78 is 34.9. The number of benzene rings is 2. The molecular weight excluding hydrogens is 422 g/mol. The SMILES string of the molecule is CCc1cccc(CNC[C@H](O)[C@H](Cc2cc(F)cc(F)c2)NC(=O)c2cnsn2)c1. The van der Waals surface area contributed by atoms with E-state index in [9.17, 15) is 18.7 Å². The van der Waals surface area contributed by atoms with Crippen molar-refractivity contribution in [2.24, 2.45) is 0 Å². The number of aliphatic hydroxyl groups is 1. The van der Waals surface area contributed by atoms with Gasteiger partial charge in [-0.3, -0.25) is 4.79 Å². The highest BCUT2D eigenvalue weighted by atomic mass is 32.1. The maximum Gasteiger partial charge on any atom is 0.272 e. The van der Waals surface area contributed by atoms with Crippen LogP contribution in [0.3, 0.4) is 0 Å². The molecule has 1 aromatic heterocycles. The number of nitrogens with one attached hydrogen (secondary N) is 2. The molecule has 31 heavy (non-hydrogen) atoms. The highest BCUT2D eigenvalue weighted by molar-refractivity contribution is 6.99. The standard InChI is InChI=1S/C22H24F2N4O2S/c1-2-14-4-3-5-15(6-14)11-25-13-21(29)19(27-22(30)20-12-26-31-28-20)9-16-7-17(23)10-18(24)8-16/h3-8,10,12,19,21,25,29H,2,9,11,13H2,1H3,(H,27,30)/t19-,21-/m0/s1. The second-order valence-electron chi connectivity index (χ2n) is 7.23. The third-order valence-electron chi connectivity index (χ3n) is 4.84. The fourth-order valence-corrected chi connectivity index (χ4v) is 3.65. The lowest BCUT2D eigenvalue weighted by Gasteiger charge is -2.24. The number of carbonyl (C=O) groups is 1. The number of aryl methyl sites for hydroxylation is 1. The van der Waals surface area contributed by atoms with Crippen LogP contribution in [0, 0.1) is 11.6 Å². The average Bonchev–Trinajstić information content (AvgIpc) is 3.28. The van der Waals surface area contributed by atoms with E-state index in [0.717, 1.165) is 29.8 Å². The molecule has 1 heterocycles. The maximum atomic E-state index is 13.6. The third-order valence-corrected chi connectivity index (χ3v) is 5.31. The molecule has 0 aliphatic carbocycles. The van der Waals surface area contributed by atoms with Crippen LogP contribution in [-0.4, -0.2) is 38.5 Å². The summed E-state index contributed by atoms with van der Waals surface area (Å²) in [6.07, 6.45) is 1.30. The van der Waals surface area contributed by atoms with Crippen LogP contribution in [0.4, 0.5) is 8.78 Å². The van der Waals surface area contributed by atoms with Gasteiger partial charge in [0.25, 0.3) is 5.91 Å². The second kappa shape index (κ2) is 11.0. The lowest BCUT2D eigenvalue weighted by atomic mass is 10.00. The van der Waals surface area contributed by atoms with E-state index in [2.05, 4.69) is 38.4 Å². The van der Waals surface area contributed by atoms with Crippen molar-refractivity contribution < 1.29 is 18.7 Å². The molecular formula is C22H24F2N4O2S. The Labute approximate surface area is 183 Å². The van der Waals surface area contributed by atoms with Crippen molar-refractivity contribution in [1.29, 1.82) is 0 Å². The number of hydrogen-bond acceptors (Lipinski definition) is 6. The van der Waals surface area contributed by atoms with Crippen LogP contribution in [0.15, 0.2) is 48.7 Å². The summed E-state index contributed by atoms with van der Waals surface area (Å²) in [5.74, 6) is -1.94. The fourth-order valence-electron chi connectivity index (χ4n) is 3.24. The number of aromatic nitrogens is 2. The second-order valence-corrected chi connectivity index (χ2v) is 7.78. The van der Waals surface area contributed by atoms with Gasteiger partial charge < -0.3 is 15.7 Å². The first kappa shape index (κ1) is 22.9. The first-order valence-corrected chi connectivity index (χ1v) is 10.7. The van der Waals surface area contributed by atoms with Gasteiger partial charge in [0.1, 0.15) is 11.6 Å². The quantitative estimate of drug-likeness (QED) is 0.446. The number of halogens is 2. The van der Waals surface area contributed by atoms with Gasteiger partial charge in [-0.15, -0.1) is 0 Å². The van der Waals surface area contributed by atoms with Gasteiger partial charge in [-0.25, -0.2) is 8.78 Å². The van der Waals surface area contributed by atoms with E-state index >= 15 is 0 Å². The zero-order valence-corrected chi connectivity index (χ0v) is 17.8. The van der Waals surface area contributed by atoms with E-state index in [1.165, 1.54) is 23.9 Å². The van der Waals surface area contributed by atoms with Gasteiger partial charge in [-0.05, 0) is 41.7 Å². The average molecular weight is 447 g/mol. The molecule has 2 atom stereocenters. The van der Waals surface area contributed by atoms with Crippen molar-refractivity contribution in [2.75, 3.05) is 6.54 Å². The Morgan fingerprint density at radius 2 is 1.87 bits per heavy atom. The van der Waals surface area contributed by atoms with Crippen molar-refractivity contribution in [1.82, 2.24) is 19.4 Å². The maximum absolute atomic E-state index is 13.6. The topological polar surface area (TPSA) is 87.1 Å². The lowest BCUT2D eigenvalue weighted by Crippen LogP contribution is -2.48. The number of nitrogens with zero attached hydrogens (tertiary/aromatic N) is 2. The first-order valence-electron chi connectivity index (χ1n) is 9.94. The van der Waals surface area contributed by atoms with E-state index in [1.807, 2.05) is 12.1 Å². The minimum Gasteiger partial charge on any atom is -0.390 e. The molecule has 0 spiro atoms. The normalized spacial score (nSPS) is 13.0. The van der Waals surface area contributed by atoms with E-state index in [4.69, 9.17) is 0 Å². The minimum atomic E-state index is -1.00. The van der Waals surface area contributed by atoms with Crippen LogP contribution in [0.5, 0.6) is 0 Å². The molecule has 2 aromatic carbocycles. The molecule has 0 saturated heterocycles. The van der Waals surface area contributed by atoms with Gasteiger partial charge in [-0.1, -0.05) is 31.2 Å². The number of rotatable bonds is 10. The van der Waals surface area contributed by atoms with E-state index < -0.39 is 29.7 Å². The van der Waals surface area contributed by atoms with Gasteiger partial charge in [0, 0.05) is 19.2 Å². The Morgan fingerprint density at radius 3 is 2.55 bits per heavy atom. The largest absolute Gasteiger partial charge is 0.390 e. The molecule has 0 saturated carbocycles. The molecule has 0 unspecified atom stereocenters. The van der Waals surface area contributed by atoms with Crippen LogP contribution in [0.25, 0.3) is 0 Å². The Balaban J connectivity index is 1.67. The molecule has 0 radical (unpaired) electrons. The molecule has 3 rings (SSSR count). The van der Waals surface area contributed by atoms with Crippen molar-refractivity contribution in [3.8, 4) is 0 Å². The minimum absolute atomic E-state index is 0.0478. The Morgan fingerprint density at radius 1 is 1.13 bits per heavy atom.